The smallest absolute Gasteiger partial charge is 0.0714 e. The molecule has 2 heterocycles. The molecule has 2 heteroatoms. The van der Waals surface area contributed by atoms with E-state index in [2.05, 4.69) is 77.7 Å². The molecule has 4 rings (SSSR count). The second-order valence-electron chi connectivity index (χ2n) is 6.38. The van der Waals surface area contributed by atoms with Crippen molar-refractivity contribution in [2.24, 2.45) is 0 Å². The van der Waals surface area contributed by atoms with Gasteiger partial charge in [-0.05, 0) is 54.7 Å². The summed E-state index contributed by atoms with van der Waals surface area (Å²) in [7, 11) is 0. The normalized spacial score (nSPS) is 17.7. The molecule has 0 saturated carbocycles. The molecule has 2 nitrogen and oxygen atoms in total. The van der Waals surface area contributed by atoms with Crippen molar-refractivity contribution in [1.29, 1.82) is 0 Å². The molecular formula is C22H22N2. The van der Waals surface area contributed by atoms with E-state index >= 15 is 0 Å². The van der Waals surface area contributed by atoms with Crippen LogP contribution >= 0.6 is 0 Å². The van der Waals surface area contributed by atoms with Crippen LogP contribution in [0.2, 0.25) is 0 Å². The molecule has 1 saturated heterocycles. The Morgan fingerprint density at radius 1 is 0.792 bits per heavy atom. The Morgan fingerprint density at radius 3 is 2.33 bits per heavy atom. The molecule has 0 N–H and O–H groups in total. The second-order valence-corrected chi connectivity index (χ2v) is 6.38. The lowest BCUT2D eigenvalue weighted by Gasteiger charge is -2.37. The molecule has 1 unspecified atom stereocenters. The summed E-state index contributed by atoms with van der Waals surface area (Å²) in [5.41, 5.74) is 4.98. The number of aromatic nitrogens is 1. The van der Waals surface area contributed by atoms with Crippen molar-refractivity contribution in [2.45, 2.75) is 25.3 Å². The van der Waals surface area contributed by atoms with Crippen LogP contribution in [0, 0.1) is 0 Å². The van der Waals surface area contributed by atoms with Crippen LogP contribution in [-0.2, 0) is 0 Å². The SMILES string of the molecule is c1ccc(-c2ccnc(C3CCCCN3c3ccccc3)c2)cc1. The van der Waals surface area contributed by atoms with E-state index in [-0.39, 0.29) is 0 Å². The van der Waals surface area contributed by atoms with Crippen LogP contribution in [0.4, 0.5) is 5.69 Å². The van der Waals surface area contributed by atoms with Crippen molar-refractivity contribution in [3.63, 3.8) is 0 Å². The fourth-order valence-corrected chi connectivity index (χ4v) is 3.61. The number of hydrogen-bond donors (Lipinski definition) is 0. The van der Waals surface area contributed by atoms with Gasteiger partial charge >= 0.3 is 0 Å². The van der Waals surface area contributed by atoms with Gasteiger partial charge in [-0.2, -0.15) is 0 Å². The summed E-state index contributed by atoms with van der Waals surface area (Å²) in [6.45, 7) is 1.10. The predicted octanol–water partition coefficient (Wildman–Crippen LogP) is 5.48. The van der Waals surface area contributed by atoms with E-state index < -0.39 is 0 Å². The Kier molecular flexibility index (Phi) is 4.28. The molecule has 1 fully saturated rings. The van der Waals surface area contributed by atoms with E-state index in [0.717, 1.165) is 6.54 Å². The van der Waals surface area contributed by atoms with Crippen molar-refractivity contribution >= 4 is 5.69 Å². The monoisotopic (exact) mass is 314 g/mol. The average molecular weight is 314 g/mol. The predicted molar refractivity (Wildman–Crippen MR) is 100 cm³/mol. The first-order chi connectivity index (χ1) is 11.9. The third kappa shape index (κ3) is 3.05. The molecule has 120 valence electrons. The maximum Gasteiger partial charge on any atom is 0.0714 e. The highest BCUT2D eigenvalue weighted by Gasteiger charge is 2.25. The maximum atomic E-state index is 4.72. The first-order valence-corrected chi connectivity index (χ1v) is 8.75. The van der Waals surface area contributed by atoms with E-state index in [1.54, 1.807) is 0 Å². The zero-order valence-electron chi connectivity index (χ0n) is 13.8. The molecule has 1 atom stereocenters. The van der Waals surface area contributed by atoms with Gasteiger partial charge in [0.2, 0.25) is 0 Å². The van der Waals surface area contributed by atoms with Crippen molar-refractivity contribution in [1.82, 2.24) is 4.98 Å². The van der Waals surface area contributed by atoms with Gasteiger partial charge in [0.15, 0.2) is 0 Å². The summed E-state index contributed by atoms with van der Waals surface area (Å²) in [5.74, 6) is 0. The summed E-state index contributed by atoms with van der Waals surface area (Å²) in [6.07, 6.45) is 5.64. The third-order valence-electron chi connectivity index (χ3n) is 4.82. The van der Waals surface area contributed by atoms with E-state index in [4.69, 9.17) is 4.98 Å². The van der Waals surface area contributed by atoms with Crippen LogP contribution in [0.5, 0.6) is 0 Å². The number of anilines is 1. The molecule has 1 aliphatic rings. The maximum absolute atomic E-state index is 4.72. The minimum atomic E-state index is 0.366. The van der Waals surface area contributed by atoms with Gasteiger partial charge < -0.3 is 4.90 Å². The van der Waals surface area contributed by atoms with Crippen LogP contribution in [-0.4, -0.2) is 11.5 Å². The van der Waals surface area contributed by atoms with Gasteiger partial charge in [-0.3, -0.25) is 4.98 Å². The number of para-hydroxylation sites is 1. The van der Waals surface area contributed by atoms with Crippen LogP contribution in [0.1, 0.15) is 31.0 Å². The first kappa shape index (κ1) is 14.9. The minimum absolute atomic E-state index is 0.366. The fraction of sp³-hybridized carbons (Fsp3) is 0.227. The van der Waals surface area contributed by atoms with Crippen molar-refractivity contribution in [3.05, 3.63) is 84.7 Å². The van der Waals surface area contributed by atoms with E-state index in [0.29, 0.717) is 6.04 Å². The molecular weight excluding hydrogens is 292 g/mol. The van der Waals surface area contributed by atoms with Crippen molar-refractivity contribution in [3.8, 4) is 11.1 Å². The van der Waals surface area contributed by atoms with Crippen LogP contribution in [0.3, 0.4) is 0 Å². The van der Waals surface area contributed by atoms with E-state index in [1.807, 2.05) is 6.20 Å². The Hall–Kier alpha value is -2.61. The van der Waals surface area contributed by atoms with Crippen LogP contribution < -0.4 is 4.90 Å². The van der Waals surface area contributed by atoms with Gasteiger partial charge in [0.1, 0.15) is 0 Å². The van der Waals surface area contributed by atoms with Crippen LogP contribution in [0.25, 0.3) is 11.1 Å². The van der Waals surface area contributed by atoms with Crippen molar-refractivity contribution in [2.75, 3.05) is 11.4 Å². The lowest BCUT2D eigenvalue weighted by molar-refractivity contribution is 0.465. The number of piperidine rings is 1. The standard InChI is InChI=1S/C22H22N2/c1-3-9-18(10-4-1)19-14-15-23-21(17-19)22-13-7-8-16-24(22)20-11-5-2-6-12-20/h1-6,9-12,14-15,17,22H,7-8,13,16H2. The molecule has 2 aromatic carbocycles. The average Bonchev–Trinajstić information content (AvgIpc) is 2.69. The quantitative estimate of drug-likeness (QED) is 0.636. The molecule has 0 radical (unpaired) electrons. The molecule has 3 aromatic rings. The highest BCUT2D eigenvalue weighted by atomic mass is 15.2. The number of benzene rings is 2. The van der Waals surface area contributed by atoms with E-state index in [9.17, 15) is 0 Å². The largest absolute Gasteiger partial charge is 0.363 e. The summed E-state index contributed by atoms with van der Waals surface area (Å²) < 4.78 is 0. The molecule has 0 aliphatic carbocycles. The first-order valence-electron chi connectivity index (χ1n) is 8.75. The Balaban J connectivity index is 1.69. The highest BCUT2D eigenvalue weighted by Crippen LogP contribution is 2.35. The highest BCUT2D eigenvalue weighted by molar-refractivity contribution is 5.63. The molecule has 24 heavy (non-hydrogen) atoms. The van der Waals surface area contributed by atoms with Crippen molar-refractivity contribution < 1.29 is 0 Å². The van der Waals surface area contributed by atoms with Crippen LogP contribution in [0.15, 0.2) is 79.0 Å². The van der Waals surface area contributed by atoms with Gasteiger partial charge in [0.05, 0.1) is 11.7 Å². The lowest BCUT2D eigenvalue weighted by Crippen LogP contribution is -2.33. The van der Waals surface area contributed by atoms with Gasteiger partial charge in [0, 0.05) is 18.4 Å². The molecule has 1 aromatic heterocycles. The fourth-order valence-electron chi connectivity index (χ4n) is 3.61. The molecule has 0 amide bonds. The Labute approximate surface area is 143 Å². The summed E-state index contributed by atoms with van der Waals surface area (Å²) in [5, 5.41) is 0. The zero-order chi connectivity index (χ0) is 16.2. The summed E-state index contributed by atoms with van der Waals surface area (Å²) >= 11 is 0. The minimum Gasteiger partial charge on any atom is -0.363 e. The van der Waals surface area contributed by atoms with Gasteiger partial charge in [-0.15, -0.1) is 0 Å². The third-order valence-corrected chi connectivity index (χ3v) is 4.82. The Morgan fingerprint density at radius 2 is 1.54 bits per heavy atom. The molecule has 0 spiro atoms. The number of pyridine rings is 1. The van der Waals surface area contributed by atoms with Gasteiger partial charge in [0.25, 0.3) is 0 Å². The number of hydrogen-bond acceptors (Lipinski definition) is 2. The Bertz CT molecular complexity index is 783. The lowest BCUT2D eigenvalue weighted by atomic mass is 9.96. The van der Waals surface area contributed by atoms with Gasteiger partial charge in [-0.1, -0.05) is 48.5 Å². The van der Waals surface area contributed by atoms with E-state index in [1.165, 1.54) is 41.8 Å². The second kappa shape index (κ2) is 6.88. The number of rotatable bonds is 3. The zero-order valence-corrected chi connectivity index (χ0v) is 13.8. The number of nitrogens with zero attached hydrogens (tertiary/aromatic N) is 2. The topological polar surface area (TPSA) is 16.1 Å². The summed E-state index contributed by atoms with van der Waals surface area (Å²) in [4.78, 5) is 7.24. The summed E-state index contributed by atoms with van der Waals surface area (Å²) in [6, 6.07) is 26.0. The molecule has 1 aliphatic heterocycles. The van der Waals surface area contributed by atoms with Gasteiger partial charge in [-0.25, -0.2) is 0 Å². The molecule has 0 bridgehead atoms.